The maximum Gasteiger partial charge on any atom is 0.326 e. The number of amides is 3. The molecule has 11 nitrogen and oxygen atoms in total. The van der Waals surface area contributed by atoms with Gasteiger partial charge in [0.05, 0.1) is 50.6 Å². The zero-order valence-corrected chi connectivity index (χ0v) is 29.0. The van der Waals surface area contributed by atoms with Gasteiger partial charge in [-0.2, -0.15) is 5.26 Å². The lowest BCUT2D eigenvalue weighted by molar-refractivity contribution is -0.136. The summed E-state index contributed by atoms with van der Waals surface area (Å²) in [5.74, 6) is 1.24. The van der Waals surface area contributed by atoms with E-state index in [4.69, 9.17) is 42.4 Å². The predicted octanol–water partition coefficient (Wildman–Crippen LogP) is 5.41. The van der Waals surface area contributed by atoms with E-state index in [2.05, 4.69) is 11.0 Å². The summed E-state index contributed by atoms with van der Waals surface area (Å²) in [5, 5.41) is 11.2. The normalized spacial score (nSPS) is 19.7. The smallest absolute Gasteiger partial charge is 0.326 e. The van der Waals surface area contributed by atoms with Crippen LogP contribution in [0.1, 0.15) is 41.3 Å². The molecular formula is C36H38Cl2N6O5. The molecule has 3 amide bonds. The Morgan fingerprint density at radius 1 is 0.898 bits per heavy atom. The van der Waals surface area contributed by atoms with E-state index >= 15 is 0 Å². The van der Waals surface area contributed by atoms with E-state index in [0.717, 1.165) is 11.1 Å². The lowest BCUT2D eigenvalue weighted by Crippen LogP contribution is -2.56. The minimum absolute atomic E-state index is 0.0712. The Morgan fingerprint density at radius 3 is 2.12 bits per heavy atom. The Hall–Kier alpha value is -4.34. The summed E-state index contributed by atoms with van der Waals surface area (Å²) in [6.45, 7) is 6.72. The zero-order valence-electron chi connectivity index (χ0n) is 27.5. The summed E-state index contributed by atoms with van der Waals surface area (Å²) in [4.78, 5) is 40.5. The summed E-state index contributed by atoms with van der Waals surface area (Å²) in [5.41, 5.74) is 2.47. The van der Waals surface area contributed by atoms with E-state index in [9.17, 15) is 14.9 Å². The molecular weight excluding hydrogens is 667 g/mol. The number of ether oxygens (including phenoxy) is 3. The van der Waals surface area contributed by atoms with Crippen molar-refractivity contribution in [3.8, 4) is 17.6 Å². The number of aliphatic imine (C=N–C) groups is 1. The number of morpholine rings is 1. The molecule has 0 bridgehead atoms. The summed E-state index contributed by atoms with van der Waals surface area (Å²) >= 11 is 12.6. The van der Waals surface area contributed by atoms with Crippen molar-refractivity contribution in [1.82, 2.24) is 19.6 Å². The van der Waals surface area contributed by atoms with Crippen LogP contribution in [0.5, 0.6) is 11.5 Å². The van der Waals surface area contributed by atoms with Crippen LogP contribution in [0.25, 0.3) is 0 Å². The topological polar surface area (TPSA) is 111 Å². The molecule has 0 spiro atoms. The van der Waals surface area contributed by atoms with Crippen molar-refractivity contribution < 1.29 is 23.8 Å². The van der Waals surface area contributed by atoms with Crippen LogP contribution in [0.15, 0.2) is 65.7 Å². The first-order chi connectivity index (χ1) is 23.8. The highest BCUT2D eigenvalue weighted by Crippen LogP contribution is 2.46. The number of nitrogens with zero attached hydrogens (tertiary/aromatic N) is 6. The SMILES string of the molecule is CCOc1cc(OC)c(C#N)cc1C1=NC(c2ccc(Cl)cc2)C(c2ccc(Cl)cc2)N1C(=O)N1CCN(CC(=O)N2CCOCC2)CC1. The third-order valence-corrected chi connectivity index (χ3v) is 9.53. The first-order valence-electron chi connectivity index (χ1n) is 16.3. The molecule has 2 unspecified atom stereocenters. The molecule has 2 saturated heterocycles. The van der Waals surface area contributed by atoms with Crippen LogP contribution in [-0.2, 0) is 9.53 Å². The molecule has 3 aromatic rings. The number of amidine groups is 1. The molecule has 6 rings (SSSR count). The number of rotatable bonds is 8. The number of benzene rings is 3. The Bertz CT molecular complexity index is 1730. The van der Waals surface area contributed by atoms with Gasteiger partial charge in [-0.05, 0) is 48.4 Å². The number of nitriles is 1. The van der Waals surface area contributed by atoms with Crippen LogP contribution >= 0.6 is 23.2 Å². The fourth-order valence-electron chi connectivity index (χ4n) is 6.48. The third kappa shape index (κ3) is 7.48. The average molecular weight is 706 g/mol. The van der Waals surface area contributed by atoms with Gasteiger partial charge < -0.3 is 24.0 Å². The van der Waals surface area contributed by atoms with Crippen molar-refractivity contribution in [3.63, 3.8) is 0 Å². The molecule has 3 heterocycles. The number of halogens is 2. The van der Waals surface area contributed by atoms with Crippen LogP contribution in [-0.4, -0.2) is 110 Å². The summed E-state index contributed by atoms with van der Waals surface area (Å²) in [6.07, 6.45) is 0. The lowest BCUT2D eigenvalue weighted by atomic mass is 9.93. The molecule has 2 fully saturated rings. The second-order valence-corrected chi connectivity index (χ2v) is 12.8. The minimum Gasteiger partial charge on any atom is -0.495 e. The highest BCUT2D eigenvalue weighted by atomic mass is 35.5. The fourth-order valence-corrected chi connectivity index (χ4v) is 6.73. The molecule has 0 N–H and O–H groups in total. The van der Waals surface area contributed by atoms with E-state index < -0.39 is 12.1 Å². The zero-order chi connectivity index (χ0) is 34.5. The van der Waals surface area contributed by atoms with Gasteiger partial charge in [0.25, 0.3) is 0 Å². The number of urea groups is 1. The number of methoxy groups -OCH3 is 1. The lowest BCUT2D eigenvalue weighted by Gasteiger charge is -2.39. The van der Waals surface area contributed by atoms with E-state index in [1.807, 2.05) is 36.1 Å². The van der Waals surface area contributed by atoms with Crippen molar-refractivity contribution in [2.75, 3.05) is 72.7 Å². The van der Waals surface area contributed by atoms with E-state index in [0.29, 0.717) is 98.6 Å². The van der Waals surface area contributed by atoms with Gasteiger partial charge in [-0.15, -0.1) is 0 Å². The second kappa shape index (κ2) is 15.5. The second-order valence-electron chi connectivity index (χ2n) is 11.9. The number of carbonyl (C=O) groups excluding carboxylic acids is 2. The van der Waals surface area contributed by atoms with Gasteiger partial charge in [0.1, 0.15) is 29.4 Å². The van der Waals surface area contributed by atoms with E-state index in [1.54, 1.807) is 46.2 Å². The Kier molecular flexibility index (Phi) is 10.9. The number of piperazine rings is 1. The van der Waals surface area contributed by atoms with Gasteiger partial charge >= 0.3 is 6.03 Å². The monoisotopic (exact) mass is 704 g/mol. The Morgan fingerprint density at radius 2 is 1.53 bits per heavy atom. The van der Waals surface area contributed by atoms with Crippen LogP contribution in [0.4, 0.5) is 4.79 Å². The van der Waals surface area contributed by atoms with Gasteiger partial charge in [0.2, 0.25) is 5.91 Å². The molecule has 3 aliphatic rings. The molecule has 0 aliphatic carbocycles. The van der Waals surface area contributed by atoms with Crippen molar-refractivity contribution in [2.24, 2.45) is 4.99 Å². The molecule has 0 aromatic heterocycles. The van der Waals surface area contributed by atoms with Crippen LogP contribution in [0.3, 0.4) is 0 Å². The first-order valence-corrected chi connectivity index (χ1v) is 17.1. The Labute approximate surface area is 296 Å². The van der Waals surface area contributed by atoms with Gasteiger partial charge in [0, 0.05) is 55.4 Å². The van der Waals surface area contributed by atoms with Gasteiger partial charge in [-0.3, -0.25) is 19.6 Å². The van der Waals surface area contributed by atoms with Crippen molar-refractivity contribution >= 4 is 41.0 Å². The molecule has 49 heavy (non-hydrogen) atoms. The number of hydrogen-bond acceptors (Lipinski definition) is 8. The van der Waals surface area contributed by atoms with Crippen LogP contribution in [0, 0.1) is 11.3 Å². The largest absolute Gasteiger partial charge is 0.495 e. The predicted molar refractivity (Wildman–Crippen MR) is 186 cm³/mol. The summed E-state index contributed by atoms with van der Waals surface area (Å²) in [7, 11) is 1.50. The maximum atomic E-state index is 14.9. The summed E-state index contributed by atoms with van der Waals surface area (Å²) < 4.78 is 17.0. The van der Waals surface area contributed by atoms with Gasteiger partial charge in [-0.25, -0.2) is 4.79 Å². The van der Waals surface area contributed by atoms with Gasteiger partial charge in [-0.1, -0.05) is 47.5 Å². The van der Waals surface area contributed by atoms with Crippen molar-refractivity contribution in [2.45, 2.75) is 19.0 Å². The average Bonchev–Trinajstić information content (AvgIpc) is 3.53. The van der Waals surface area contributed by atoms with Gasteiger partial charge in [0.15, 0.2) is 0 Å². The first kappa shape index (κ1) is 34.5. The highest BCUT2D eigenvalue weighted by Gasteiger charge is 2.45. The van der Waals surface area contributed by atoms with E-state index in [-0.39, 0.29) is 17.5 Å². The van der Waals surface area contributed by atoms with Crippen molar-refractivity contribution in [3.05, 3.63) is 93.0 Å². The Balaban J connectivity index is 1.38. The number of hydrogen-bond donors (Lipinski definition) is 0. The molecule has 2 atom stereocenters. The molecule has 13 heteroatoms. The van der Waals surface area contributed by atoms with Crippen LogP contribution < -0.4 is 9.47 Å². The number of carbonyl (C=O) groups is 2. The summed E-state index contributed by atoms with van der Waals surface area (Å²) in [6, 6.07) is 19.0. The van der Waals surface area contributed by atoms with E-state index in [1.165, 1.54) is 7.11 Å². The quantitative estimate of drug-likeness (QED) is 0.308. The third-order valence-electron chi connectivity index (χ3n) is 9.02. The maximum absolute atomic E-state index is 14.9. The molecule has 256 valence electrons. The molecule has 0 saturated carbocycles. The fraction of sp³-hybridized carbons (Fsp3) is 0.389. The standard InChI is InChI=1S/C36H38Cl2N6O5/c1-3-49-31-21-30(47-2)26(22-39)20-29(31)35-40-33(24-4-8-27(37)9-5-24)34(25-6-10-28(38)11-7-25)44(35)36(46)43-14-12-41(13-15-43)23-32(45)42-16-18-48-19-17-42/h4-11,20-21,33-34H,3,12-19,23H2,1-2H3. The molecule has 3 aromatic carbocycles. The van der Waals surface area contributed by atoms with Crippen LogP contribution in [0.2, 0.25) is 10.0 Å². The minimum atomic E-state index is -0.566. The molecule has 0 radical (unpaired) electrons. The highest BCUT2D eigenvalue weighted by molar-refractivity contribution is 6.30. The molecule has 3 aliphatic heterocycles. The van der Waals surface area contributed by atoms with Crippen molar-refractivity contribution in [1.29, 1.82) is 5.26 Å².